The maximum atomic E-state index is 12.0. The molecule has 1 aromatic heterocycles. The Morgan fingerprint density at radius 3 is 2.53 bits per heavy atom. The van der Waals surface area contributed by atoms with Gasteiger partial charge in [0.25, 0.3) is 0 Å². The summed E-state index contributed by atoms with van der Waals surface area (Å²) in [4.78, 5) is 3.43. The first-order valence-electron chi connectivity index (χ1n) is 4.32. The fraction of sp³-hybridized carbons (Fsp3) is 0.714. The third kappa shape index (κ3) is 4.69. The van der Waals surface area contributed by atoms with Gasteiger partial charge in [-0.2, -0.15) is 18.2 Å². The van der Waals surface area contributed by atoms with Crippen LogP contribution in [-0.2, 0) is 22.0 Å². The van der Waals surface area contributed by atoms with Crippen molar-refractivity contribution in [3.63, 3.8) is 0 Å². The first-order valence-corrected chi connectivity index (χ1v) is 6.38. The van der Waals surface area contributed by atoms with E-state index < -0.39 is 40.2 Å². The van der Waals surface area contributed by atoms with Crippen LogP contribution in [0.5, 0.6) is 0 Å². The van der Waals surface area contributed by atoms with Gasteiger partial charge in [-0.1, -0.05) is 5.16 Å². The minimum atomic E-state index is -4.79. The topological polar surface area (TPSA) is 93.3 Å². The summed E-state index contributed by atoms with van der Waals surface area (Å²) in [5.74, 6) is -1.23. The summed E-state index contributed by atoms with van der Waals surface area (Å²) in [7, 11) is -3.39. The molecule has 0 radical (unpaired) electrons. The van der Waals surface area contributed by atoms with Crippen LogP contribution in [0.3, 0.4) is 0 Å². The van der Waals surface area contributed by atoms with E-state index in [2.05, 4.69) is 14.7 Å². The zero-order chi connectivity index (χ0) is 13.3. The first kappa shape index (κ1) is 13.9. The van der Waals surface area contributed by atoms with Gasteiger partial charge in [0.1, 0.15) is 5.75 Å². The van der Waals surface area contributed by atoms with Crippen LogP contribution in [0, 0.1) is 0 Å². The summed E-state index contributed by atoms with van der Waals surface area (Å²) in [6.45, 7) is 0. The predicted octanol–water partition coefficient (Wildman–Crippen LogP) is 0.0799. The van der Waals surface area contributed by atoms with Gasteiger partial charge in [-0.15, -0.1) is 0 Å². The Balaban J connectivity index is 2.70. The molecule has 1 unspecified atom stereocenters. The average molecular weight is 274 g/mol. The largest absolute Gasteiger partial charge is 0.414 e. The lowest BCUT2D eigenvalue weighted by atomic mass is 10.2. The highest BCUT2D eigenvalue weighted by molar-refractivity contribution is 7.89. The van der Waals surface area contributed by atoms with E-state index in [1.807, 2.05) is 0 Å². The van der Waals surface area contributed by atoms with Crippen LogP contribution in [0.2, 0.25) is 0 Å². The molecule has 0 amide bonds. The summed E-state index contributed by atoms with van der Waals surface area (Å²) in [5.41, 5.74) is 0. The molecular weight excluding hydrogens is 265 g/mol. The minimum Gasteiger partial charge on any atom is -0.383 e. The maximum absolute atomic E-state index is 12.0. The van der Waals surface area contributed by atoms with Gasteiger partial charge in [0.2, 0.25) is 5.89 Å². The Morgan fingerprint density at radius 2 is 2.06 bits per heavy atom. The van der Waals surface area contributed by atoms with Crippen LogP contribution >= 0.6 is 0 Å². The number of alkyl halides is 3. The van der Waals surface area contributed by atoms with Gasteiger partial charge in [0.05, 0.1) is 6.42 Å². The Bertz CT molecular complexity index is 482. The third-order valence-corrected chi connectivity index (χ3v) is 2.43. The normalized spacial score (nSPS) is 14.9. The lowest BCUT2D eigenvalue weighted by molar-refractivity contribution is -0.204. The van der Waals surface area contributed by atoms with Crippen LogP contribution in [0.25, 0.3) is 0 Å². The zero-order valence-corrected chi connectivity index (χ0v) is 9.42. The highest BCUT2D eigenvalue weighted by Crippen LogP contribution is 2.22. The molecule has 6 nitrogen and oxygen atoms in total. The second kappa shape index (κ2) is 4.61. The monoisotopic (exact) mass is 274 g/mol. The SMILES string of the molecule is CS(=O)(=O)Cc1noc(CC(O)C(F)(F)F)n1. The molecule has 1 aromatic rings. The lowest BCUT2D eigenvalue weighted by Gasteiger charge is -2.11. The summed E-state index contributed by atoms with van der Waals surface area (Å²) in [6, 6.07) is 0. The van der Waals surface area contributed by atoms with Gasteiger partial charge in [-0.3, -0.25) is 0 Å². The molecule has 1 N–H and O–H groups in total. The molecule has 1 heterocycles. The fourth-order valence-electron chi connectivity index (χ4n) is 0.947. The standard InChI is InChI=1S/C7H9F3N2O4S/c1-17(14,15)3-5-11-6(16-12-5)2-4(13)7(8,9)10/h4,13H,2-3H2,1H3. The highest BCUT2D eigenvalue weighted by Gasteiger charge is 2.39. The van der Waals surface area contributed by atoms with Gasteiger partial charge in [-0.25, -0.2) is 8.42 Å². The van der Waals surface area contributed by atoms with Crippen LogP contribution in [-0.4, -0.2) is 42.2 Å². The molecule has 10 heteroatoms. The molecule has 0 aliphatic heterocycles. The molecule has 1 rings (SSSR count). The molecule has 0 aliphatic rings. The van der Waals surface area contributed by atoms with E-state index in [4.69, 9.17) is 5.11 Å². The Kier molecular flexibility index (Phi) is 3.77. The smallest absolute Gasteiger partial charge is 0.383 e. The van der Waals surface area contributed by atoms with Crippen molar-refractivity contribution in [2.45, 2.75) is 24.5 Å². The van der Waals surface area contributed by atoms with E-state index in [1.165, 1.54) is 0 Å². The summed E-state index contributed by atoms with van der Waals surface area (Å²) >= 11 is 0. The van der Waals surface area contributed by atoms with Crippen molar-refractivity contribution in [3.8, 4) is 0 Å². The van der Waals surface area contributed by atoms with E-state index in [0.29, 0.717) is 0 Å². The van der Waals surface area contributed by atoms with Crippen LogP contribution in [0.4, 0.5) is 13.2 Å². The molecule has 0 bridgehead atoms. The molecule has 0 saturated carbocycles. The number of halogens is 3. The van der Waals surface area contributed by atoms with Gasteiger partial charge in [0, 0.05) is 6.26 Å². The first-order chi connectivity index (χ1) is 7.58. The summed E-state index contributed by atoms with van der Waals surface area (Å²) in [5, 5.41) is 11.9. The third-order valence-electron chi connectivity index (χ3n) is 1.65. The second-order valence-corrected chi connectivity index (χ2v) is 5.58. The van der Waals surface area contributed by atoms with Gasteiger partial charge in [0.15, 0.2) is 21.8 Å². The van der Waals surface area contributed by atoms with Crippen LogP contribution < -0.4 is 0 Å². The minimum absolute atomic E-state index is 0.239. The van der Waals surface area contributed by atoms with Crippen LogP contribution in [0.15, 0.2) is 4.52 Å². The lowest BCUT2D eigenvalue weighted by Crippen LogP contribution is -2.30. The van der Waals surface area contributed by atoms with Crippen molar-refractivity contribution in [3.05, 3.63) is 11.7 Å². The highest BCUT2D eigenvalue weighted by atomic mass is 32.2. The van der Waals surface area contributed by atoms with Crippen molar-refractivity contribution < 1.29 is 31.2 Å². The number of aliphatic hydroxyl groups excluding tert-OH is 1. The Labute approximate surface area is 94.4 Å². The Morgan fingerprint density at radius 1 is 1.47 bits per heavy atom. The molecule has 0 saturated heterocycles. The second-order valence-electron chi connectivity index (χ2n) is 3.44. The molecule has 1 atom stereocenters. The van der Waals surface area contributed by atoms with Crippen molar-refractivity contribution >= 4 is 9.84 Å². The molecule has 98 valence electrons. The van der Waals surface area contributed by atoms with Crippen molar-refractivity contribution in [2.75, 3.05) is 6.26 Å². The molecule has 17 heavy (non-hydrogen) atoms. The zero-order valence-electron chi connectivity index (χ0n) is 8.60. The average Bonchev–Trinajstić information content (AvgIpc) is 2.47. The number of nitrogens with zero attached hydrogens (tertiary/aromatic N) is 2. The molecule has 0 aliphatic carbocycles. The van der Waals surface area contributed by atoms with E-state index >= 15 is 0 Å². The van der Waals surface area contributed by atoms with E-state index in [-0.39, 0.29) is 5.82 Å². The number of hydrogen-bond acceptors (Lipinski definition) is 6. The van der Waals surface area contributed by atoms with E-state index in [0.717, 1.165) is 6.26 Å². The molecule has 0 aromatic carbocycles. The van der Waals surface area contributed by atoms with Crippen LogP contribution in [0.1, 0.15) is 11.7 Å². The van der Waals surface area contributed by atoms with Crippen molar-refractivity contribution in [1.82, 2.24) is 10.1 Å². The van der Waals surface area contributed by atoms with Gasteiger partial charge < -0.3 is 9.63 Å². The van der Waals surface area contributed by atoms with E-state index in [9.17, 15) is 21.6 Å². The fourth-order valence-corrected chi connectivity index (χ4v) is 1.53. The number of aromatic nitrogens is 2. The number of sulfone groups is 1. The molecule has 0 fully saturated rings. The van der Waals surface area contributed by atoms with Gasteiger partial charge >= 0.3 is 6.18 Å². The van der Waals surface area contributed by atoms with E-state index in [1.54, 1.807) is 0 Å². The predicted molar refractivity (Wildman–Crippen MR) is 48.6 cm³/mol. The molecule has 0 spiro atoms. The maximum Gasteiger partial charge on any atom is 0.414 e. The quantitative estimate of drug-likeness (QED) is 0.835. The van der Waals surface area contributed by atoms with Crippen molar-refractivity contribution in [1.29, 1.82) is 0 Å². The number of rotatable bonds is 4. The van der Waals surface area contributed by atoms with Crippen molar-refractivity contribution in [2.24, 2.45) is 0 Å². The van der Waals surface area contributed by atoms with Gasteiger partial charge in [-0.05, 0) is 0 Å². The summed E-state index contributed by atoms with van der Waals surface area (Å²) in [6.07, 6.45) is -7.38. The molecular formula is C7H9F3N2O4S. The number of hydrogen-bond donors (Lipinski definition) is 1. The number of aliphatic hydroxyl groups is 1. The Hall–Kier alpha value is -1.16. The summed E-state index contributed by atoms with van der Waals surface area (Å²) < 4.78 is 62.0.